The molecule has 0 saturated carbocycles. The molecular formula is C11H14Br3NO2S. The van der Waals surface area contributed by atoms with E-state index in [1.807, 2.05) is 12.1 Å². The molecule has 7 heteroatoms. The third kappa shape index (κ3) is 4.51. The van der Waals surface area contributed by atoms with Crippen LogP contribution in [-0.2, 0) is 9.84 Å². The number of benzene rings is 1. The van der Waals surface area contributed by atoms with E-state index in [4.69, 9.17) is 0 Å². The molecule has 18 heavy (non-hydrogen) atoms. The van der Waals surface area contributed by atoms with E-state index >= 15 is 0 Å². The zero-order valence-corrected chi connectivity index (χ0v) is 15.6. The minimum Gasteiger partial charge on any atom is -0.382 e. The normalized spacial score (nSPS) is 11.9. The van der Waals surface area contributed by atoms with Gasteiger partial charge in [-0.05, 0) is 57.8 Å². The maximum atomic E-state index is 11.7. The Hall–Kier alpha value is 0.410. The first-order valence-electron chi connectivity index (χ1n) is 5.34. The predicted molar refractivity (Wildman–Crippen MR) is 87.0 cm³/mol. The van der Waals surface area contributed by atoms with Crippen molar-refractivity contribution in [3.05, 3.63) is 25.6 Å². The van der Waals surface area contributed by atoms with Gasteiger partial charge in [0, 0.05) is 20.0 Å². The first-order chi connectivity index (χ1) is 8.24. The third-order valence-electron chi connectivity index (χ3n) is 2.41. The van der Waals surface area contributed by atoms with E-state index in [1.54, 1.807) is 13.8 Å². The smallest absolute Gasteiger partial charge is 0.154 e. The molecule has 0 aromatic heterocycles. The fourth-order valence-corrected chi connectivity index (χ4v) is 4.66. The number of rotatable bonds is 5. The van der Waals surface area contributed by atoms with Crippen LogP contribution < -0.4 is 5.32 Å². The zero-order valence-electron chi connectivity index (χ0n) is 10.0. The van der Waals surface area contributed by atoms with E-state index in [-0.39, 0.29) is 11.0 Å². The van der Waals surface area contributed by atoms with Crippen LogP contribution in [-0.4, -0.2) is 26.0 Å². The lowest BCUT2D eigenvalue weighted by molar-refractivity contribution is 0.588. The minimum atomic E-state index is -3.00. The fraction of sp³-hybridized carbons (Fsp3) is 0.455. The Bertz CT molecular complexity index is 506. The molecule has 0 radical (unpaired) electrons. The van der Waals surface area contributed by atoms with Crippen LogP contribution in [0, 0.1) is 0 Å². The molecule has 0 heterocycles. The highest BCUT2D eigenvalue weighted by Gasteiger charge is 2.16. The summed E-state index contributed by atoms with van der Waals surface area (Å²) in [5.74, 6) is 0.125. The third-order valence-corrected chi connectivity index (χ3v) is 6.33. The molecule has 0 aliphatic heterocycles. The Labute approximate surface area is 133 Å². The van der Waals surface area contributed by atoms with E-state index in [0.717, 1.165) is 19.1 Å². The van der Waals surface area contributed by atoms with Crippen molar-refractivity contribution in [3.63, 3.8) is 0 Å². The Kier molecular flexibility index (Phi) is 6.15. The van der Waals surface area contributed by atoms with Gasteiger partial charge in [-0.15, -0.1) is 0 Å². The topological polar surface area (TPSA) is 46.2 Å². The molecule has 0 bridgehead atoms. The van der Waals surface area contributed by atoms with Crippen LogP contribution in [0.5, 0.6) is 0 Å². The van der Waals surface area contributed by atoms with Gasteiger partial charge in [0.15, 0.2) is 9.84 Å². The molecular weight excluding hydrogens is 450 g/mol. The second-order valence-corrected chi connectivity index (χ2v) is 9.39. The number of hydrogen-bond acceptors (Lipinski definition) is 3. The van der Waals surface area contributed by atoms with E-state index in [1.165, 1.54) is 0 Å². The van der Waals surface area contributed by atoms with Crippen molar-refractivity contribution in [1.29, 1.82) is 0 Å². The highest BCUT2D eigenvalue weighted by Crippen LogP contribution is 2.34. The molecule has 0 fully saturated rings. The van der Waals surface area contributed by atoms with Crippen LogP contribution in [0.1, 0.15) is 13.8 Å². The predicted octanol–water partition coefficient (Wildman–Crippen LogP) is 4.21. The van der Waals surface area contributed by atoms with Gasteiger partial charge < -0.3 is 5.32 Å². The molecule has 0 amide bonds. The lowest BCUT2D eigenvalue weighted by atomic mass is 10.3. The Morgan fingerprint density at radius 1 is 1.17 bits per heavy atom. The monoisotopic (exact) mass is 461 g/mol. The quantitative estimate of drug-likeness (QED) is 0.711. The largest absolute Gasteiger partial charge is 0.382 e. The molecule has 0 aliphatic carbocycles. The fourth-order valence-electron chi connectivity index (χ4n) is 1.27. The summed E-state index contributed by atoms with van der Waals surface area (Å²) in [5.41, 5.74) is 0.858. The van der Waals surface area contributed by atoms with E-state index in [2.05, 4.69) is 53.1 Å². The SMILES string of the molecule is CC(C)S(=O)(=O)CCNc1c(Br)cc(Br)cc1Br. The number of hydrogen-bond donors (Lipinski definition) is 1. The van der Waals surface area contributed by atoms with Crippen molar-refractivity contribution in [2.75, 3.05) is 17.6 Å². The summed E-state index contributed by atoms with van der Waals surface area (Å²) >= 11 is 10.3. The summed E-state index contributed by atoms with van der Waals surface area (Å²) in [7, 11) is -3.00. The molecule has 0 aliphatic rings. The van der Waals surface area contributed by atoms with E-state index in [9.17, 15) is 8.42 Å². The summed E-state index contributed by atoms with van der Waals surface area (Å²) in [5, 5.41) is 2.79. The Morgan fingerprint density at radius 3 is 2.11 bits per heavy atom. The number of nitrogens with one attached hydrogen (secondary N) is 1. The lowest BCUT2D eigenvalue weighted by Gasteiger charge is -2.12. The Balaban J connectivity index is 2.71. The van der Waals surface area contributed by atoms with Gasteiger partial charge in [-0.2, -0.15) is 0 Å². The van der Waals surface area contributed by atoms with Crippen molar-refractivity contribution in [2.45, 2.75) is 19.1 Å². The number of anilines is 1. The first-order valence-corrected chi connectivity index (χ1v) is 9.43. The van der Waals surface area contributed by atoms with Gasteiger partial charge in [0.2, 0.25) is 0 Å². The summed E-state index contributed by atoms with van der Waals surface area (Å²) in [6.07, 6.45) is 0. The summed E-state index contributed by atoms with van der Waals surface area (Å²) in [6.45, 7) is 3.78. The summed E-state index contributed by atoms with van der Waals surface area (Å²) < 4.78 is 26.1. The van der Waals surface area contributed by atoms with Crippen molar-refractivity contribution in [2.24, 2.45) is 0 Å². The lowest BCUT2D eigenvalue weighted by Crippen LogP contribution is -2.23. The van der Waals surface area contributed by atoms with Gasteiger partial charge in [0.25, 0.3) is 0 Å². The van der Waals surface area contributed by atoms with Crippen LogP contribution >= 0.6 is 47.8 Å². The molecule has 1 N–H and O–H groups in total. The van der Waals surface area contributed by atoms with Crippen LogP contribution in [0.4, 0.5) is 5.69 Å². The van der Waals surface area contributed by atoms with E-state index in [0.29, 0.717) is 6.54 Å². The maximum Gasteiger partial charge on any atom is 0.154 e. The number of sulfone groups is 1. The van der Waals surface area contributed by atoms with Gasteiger partial charge in [-0.1, -0.05) is 15.9 Å². The van der Waals surface area contributed by atoms with Crippen LogP contribution in [0.15, 0.2) is 25.6 Å². The molecule has 0 spiro atoms. The van der Waals surface area contributed by atoms with Crippen LogP contribution in [0.25, 0.3) is 0 Å². The van der Waals surface area contributed by atoms with Crippen LogP contribution in [0.2, 0.25) is 0 Å². The average Bonchev–Trinajstić information content (AvgIpc) is 2.21. The molecule has 102 valence electrons. The van der Waals surface area contributed by atoms with Crippen molar-refractivity contribution < 1.29 is 8.42 Å². The molecule has 0 atom stereocenters. The zero-order chi connectivity index (χ0) is 13.9. The van der Waals surface area contributed by atoms with Gasteiger partial charge in [-0.3, -0.25) is 0 Å². The molecule has 0 saturated heterocycles. The second kappa shape index (κ2) is 6.72. The molecule has 1 aromatic rings. The number of halogens is 3. The molecule has 3 nitrogen and oxygen atoms in total. The highest BCUT2D eigenvalue weighted by atomic mass is 79.9. The highest BCUT2D eigenvalue weighted by molar-refractivity contribution is 9.11. The van der Waals surface area contributed by atoms with Crippen molar-refractivity contribution in [3.8, 4) is 0 Å². The molecule has 1 rings (SSSR count). The van der Waals surface area contributed by atoms with Gasteiger partial charge in [0.1, 0.15) is 0 Å². The van der Waals surface area contributed by atoms with E-state index < -0.39 is 9.84 Å². The van der Waals surface area contributed by atoms with Crippen molar-refractivity contribution in [1.82, 2.24) is 0 Å². The summed E-state index contributed by atoms with van der Waals surface area (Å²) in [4.78, 5) is 0. The van der Waals surface area contributed by atoms with Gasteiger partial charge in [-0.25, -0.2) is 8.42 Å². The standard InChI is InChI=1S/C11H14Br3NO2S/c1-7(2)18(16,17)4-3-15-11-9(13)5-8(12)6-10(11)14/h5-7,15H,3-4H2,1-2H3. The van der Waals surface area contributed by atoms with Crippen molar-refractivity contribution >= 4 is 63.3 Å². The average molecular weight is 464 g/mol. The van der Waals surface area contributed by atoms with Gasteiger partial charge >= 0.3 is 0 Å². The van der Waals surface area contributed by atoms with Crippen LogP contribution in [0.3, 0.4) is 0 Å². The Morgan fingerprint density at radius 2 is 1.67 bits per heavy atom. The van der Waals surface area contributed by atoms with Gasteiger partial charge in [0.05, 0.1) is 16.7 Å². The second-order valence-electron chi connectivity index (χ2n) is 4.09. The minimum absolute atomic E-state index is 0.125. The molecule has 1 aromatic carbocycles. The summed E-state index contributed by atoms with van der Waals surface area (Å²) in [6, 6.07) is 3.81. The maximum absolute atomic E-state index is 11.7. The first kappa shape index (κ1) is 16.5. The molecule has 0 unspecified atom stereocenters.